The lowest BCUT2D eigenvalue weighted by Gasteiger charge is -2.30. The smallest absolute Gasteiger partial charge is 0.155 e. The number of aryl methyl sites for hydroxylation is 1. The summed E-state index contributed by atoms with van der Waals surface area (Å²) in [5, 5.41) is 8.93. The lowest BCUT2D eigenvalue weighted by molar-refractivity contribution is 0.608. The van der Waals surface area contributed by atoms with Crippen molar-refractivity contribution < 1.29 is 0 Å². The number of benzene rings is 1. The first-order valence-corrected chi connectivity index (χ1v) is 9.34. The molecule has 0 saturated carbocycles. The fraction of sp³-hybridized carbons (Fsp3) is 0.286. The van der Waals surface area contributed by atoms with Gasteiger partial charge in [-0.3, -0.25) is 4.68 Å². The molecule has 6 heteroatoms. The van der Waals surface area contributed by atoms with Crippen molar-refractivity contribution in [3.05, 3.63) is 59.6 Å². The molecule has 136 valence electrons. The van der Waals surface area contributed by atoms with Crippen LogP contribution in [0.1, 0.15) is 18.9 Å². The summed E-state index contributed by atoms with van der Waals surface area (Å²) in [6.45, 7) is 4.79. The second-order valence-electron chi connectivity index (χ2n) is 7.15. The van der Waals surface area contributed by atoms with Crippen LogP contribution in [0.2, 0.25) is 0 Å². The summed E-state index contributed by atoms with van der Waals surface area (Å²) in [6, 6.07) is 6.31. The Hall–Kier alpha value is -2.99. The van der Waals surface area contributed by atoms with Crippen molar-refractivity contribution in [2.75, 3.05) is 19.6 Å². The van der Waals surface area contributed by atoms with Crippen LogP contribution in [0.5, 0.6) is 0 Å². The summed E-state index contributed by atoms with van der Waals surface area (Å²) in [7, 11) is 1.95. The lowest BCUT2D eigenvalue weighted by Crippen LogP contribution is -2.37. The number of nitrogens with zero attached hydrogens (tertiary/aromatic N) is 5. The van der Waals surface area contributed by atoms with Gasteiger partial charge in [0.05, 0.1) is 22.6 Å². The van der Waals surface area contributed by atoms with E-state index in [1.165, 1.54) is 5.57 Å². The predicted octanol–water partition coefficient (Wildman–Crippen LogP) is 2.86. The first-order valence-electron chi connectivity index (χ1n) is 9.34. The number of hydrogen-bond acceptors (Lipinski definition) is 5. The molecule has 0 aliphatic carbocycles. The fourth-order valence-electron chi connectivity index (χ4n) is 3.81. The lowest BCUT2D eigenvalue weighted by atomic mass is 10.0. The summed E-state index contributed by atoms with van der Waals surface area (Å²) >= 11 is 0. The molecule has 27 heavy (non-hydrogen) atoms. The van der Waals surface area contributed by atoms with Crippen molar-refractivity contribution in [1.29, 1.82) is 0 Å². The van der Waals surface area contributed by atoms with E-state index >= 15 is 0 Å². The number of aromatic nitrogens is 2. The SMILES string of the molecule is CC1=NC(C2=CCNCC2)=CN2CC=C(c3ccc4nn(C)cc4c3)N=C12. The normalized spacial score (nSPS) is 19.8. The monoisotopic (exact) mass is 358 g/mol. The number of nitrogens with one attached hydrogen (secondary N) is 1. The number of amidine groups is 1. The minimum atomic E-state index is 0.807. The van der Waals surface area contributed by atoms with Crippen LogP contribution in [-0.2, 0) is 7.05 Å². The molecule has 0 amide bonds. The molecular formula is C21H22N6. The van der Waals surface area contributed by atoms with Gasteiger partial charge in [-0.15, -0.1) is 0 Å². The molecule has 6 nitrogen and oxygen atoms in total. The molecule has 0 spiro atoms. The van der Waals surface area contributed by atoms with Crippen LogP contribution in [0, 0.1) is 0 Å². The number of allylic oxidation sites excluding steroid dienone is 1. The highest BCUT2D eigenvalue weighted by molar-refractivity contribution is 6.42. The van der Waals surface area contributed by atoms with Crippen molar-refractivity contribution >= 4 is 28.1 Å². The van der Waals surface area contributed by atoms with Gasteiger partial charge in [-0.1, -0.05) is 12.1 Å². The van der Waals surface area contributed by atoms with Crippen LogP contribution in [0.25, 0.3) is 16.6 Å². The second-order valence-corrected chi connectivity index (χ2v) is 7.15. The molecule has 1 aromatic heterocycles. The van der Waals surface area contributed by atoms with Gasteiger partial charge < -0.3 is 10.2 Å². The van der Waals surface area contributed by atoms with E-state index < -0.39 is 0 Å². The van der Waals surface area contributed by atoms with Crippen LogP contribution in [0.3, 0.4) is 0 Å². The van der Waals surface area contributed by atoms with E-state index in [0.29, 0.717) is 0 Å². The molecule has 0 saturated heterocycles. The summed E-state index contributed by atoms with van der Waals surface area (Å²) in [6.07, 6.45) is 9.62. The molecule has 3 aliphatic rings. The van der Waals surface area contributed by atoms with Gasteiger partial charge in [0.15, 0.2) is 5.84 Å². The minimum Gasteiger partial charge on any atom is -0.325 e. The van der Waals surface area contributed by atoms with Crippen LogP contribution in [-0.4, -0.2) is 45.9 Å². The molecular weight excluding hydrogens is 336 g/mol. The number of rotatable bonds is 2. The zero-order valence-electron chi connectivity index (χ0n) is 15.6. The van der Waals surface area contributed by atoms with E-state index in [4.69, 9.17) is 9.98 Å². The van der Waals surface area contributed by atoms with E-state index in [-0.39, 0.29) is 0 Å². The first kappa shape index (κ1) is 16.2. The summed E-state index contributed by atoms with van der Waals surface area (Å²) < 4.78 is 1.84. The topological polar surface area (TPSA) is 57.8 Å². The van der Waals surface area contributed by atoms with E-state index in [1.807, 2.05) is 24.9 Å². The van der Waals surface area contributed by atoms with Crippen molar-refractivity contribution in [3.8, 4) is 0 Å². The summed E-state index contributed by atoms with van der Waals surface area (Å²) in [4.78, 5) is 12.0. The zero-order chi connectivity index (χ0) is 18.4. The molecule has 0 radical (unpaired) electrons. The fourth-order valence-corrected chi connectivity index (χ4v) is 3.81. The van der Waals surface area contributed by atoms with Gasteiger partial charge in [0.1, 0.15) is 0 Å². The van der Waals surface area contributed by atoms with Crippen LogP contribution < -0.4 is 5.32 Å². The third-order valence-electron chi connectivity index (χ3n) is 5.18. The highest BCUT2D eigenvalue weighted by atomic mass is 15.2. The van der Waals surface area contributed by atoms with Gasteiger partial charge in [-0.05, 0) is 43.7 Å². The Morgan fingerprint density at radius 3 is 2.89 bits per heavy atom. The Labute approximate surface area is 158 Å². The largest absolute Gasteiger partial charge is 0.325 e. The molecule has 1 aromatic carbocycles. The van der Waals surface area contributed by atoms with Gasteiger partial charge in [0.25, 0.3) is 0 Å². The summed E-state index contributed by atoms with van der Waals surface area (Å²) in [5.41, 5.74) is 6.49. The van der Waals surface area contributed by atoms with Crippen LogP contribution >= 0.6 is 0 Å². The molecule has 3 aliphatic heterocycles. The molecule has 1 N–H and O–H groups in total. The second kappa shape index (κ2) is 6.32. The van der Waals surface area contributed by atoms with E-state index in [1.54, 1.807) is 0 Å². The van der Waals surface area contributed by atoms with Gasteiger partial charge in [-0.25, -0.2) is 9.98 Å². The minimum absolute atomic E-state index is 0.807. The molecule has 4 heterocycles. The van der Waals surface area contributed by atoms with Crippen molar-refractivity contribution in [3.63, 3.8) is 0 Å². The Morgan fingerprint density at radius 1 is 1.11 bits per heavy atom. The standard InChI is InChI=1S/C21H22N6/c1-14-21-24-18(16-3-4-19-17(11-16)12-26(2)25-19)7-10-27(21)13-20(23-14)15-5-8-22-9-6-15/h3-5,7,11-13,22H,6,8-10H2,1-2H3. The van der Waals surface area contributed by atoms with Crippen molar-refractivity contribution in [2.24, 2.45) is 17.0 Å². The average Bonchev–Trinajstić information content (AvgIpc) is 3.07. The number of fused-ring (bicyclic) bond motifs is 2. The zero-order valence-corrected chi connectivity index (χ0v) is 15.6. The third kappa shape index (κ3) is 2.92. The average molecular weight is 358 g/mol. The number of hydrogen-bond donors (Lipinski definition) is 1. The van der Waals surface area contributed by atoms with Gasteiger partial charge >= 0.3 is 0 Å². The Bertz CT molecular complexity index is 1080. The highest BCUT2D eigenvalue weighted by Gasteiger charge is 2.24. The van der Waals surface area contributed by atoms with Crippen molar-refractivity contribution in [1.82, 2.24) is 20.0 Å². The molecule has 5 rings (SSSR count). The molecule has 0 unspecified atom stereocenters. The predicted molar refractivity (Wildman–Crippen MR) is 110 cm³/mol. The Kier molecular flexibility index (Phi) is 3.79. The molecule has 2 aromatic rings. The maximum atomic E-state index is 4.92. The number of aliphatic imine (C=N–C) groups is 2. The van der Waals surface area contributed by atoms with Gasteiger partial charge in [0.2, 0.25) is 0 Å². The van der Waals surface area contributed by atoms with Crippen LogP contribution in [0.4, 0.5) is 0 Å². The Balaban J connectivity index is 1.46. The molecule has 0 fully saturated rings. The highest BCUT2D eigenvalue weighted by Crippen LogP contribution is 2.28. The molecule has 0 bridgehead atoms. The van der Waals surface area contributed by atoms with Crippen molar-refractivity contribution in [2.45, 2.75) is 13.3 Å². The third-order valence-corrected chi connectivity index (χ3v) is 5.18. The first-order chi connectivity index (χ1) is 13.2. The molecule has 0 atom stereocenters. The van der Waals surface area contributed by atoms with E-state index in [0.717, 1.165) is 65.5 Å². The van der Waals surface area contributed by atoms with E-state index in [9.17, 15) is 0 Å². The maximum absolute atomic E-state index is 4.92. The Morgan fingerprint density at radius 2 is 2.04 bits per heavy atom. The van der Waals surface area contributed by atoms with Crippen LogP contribution in [0.15, 0.2) is 64.0 Å². The summed E-state index contributed by atoms with van der Waals surface area (Å²) in [5.74, 6) is 0.942. The quantitative estimate of drug-likeness (QED) is 0.898. The maximum Gasteiger partial charge on any atom is 0.155 e. The van der Waals surface area contributed by atoms with Gasteiger partial charge in [0, 0.05) is 43.5 Å². The van der Waals surface area contributed by atoms with E-state index in [2.05, 4.69) is 51.9 Å². The van der Waals surface area contributed by atoms with Gasteiger partial charge in [-0.2, -0.15) is 5.10 Å².